The zero-order valence-electron chi connectivity index (χ0n) is 10.1. The van der Waals surface area contributed by atoms with Crippen LogP contribution in [0.5, 0.6) is 0 Å². The number of carbonyl (C=O) groups is 2. The van der Waals surface area contributed by atoms with Crippen LogP contribution >= 0.6 is 0 Å². The Labute approximate surface area is 101 Å². The Bertz CT molecular complexity index is 428. The van der Waals surface area contributed by atoms with Crippen molar-refractivity contribution in [1.29, 1.82) is 0 Å². The number of benzene rings is 1. The van der Waals surface area contributed by atoms with Crippen LogP contribution in [0, 0.1) is 0 Å². The van der Waals surface area contributed by atoms with E-state index in [1.807, 2.05) is 13.1 Å². The van der Waals surface area contributed by atoms with Crippen LogP contribution in [0.25, 0.3) is 0 Å². The third kappa shape index (κ3) is 2.23. The molecule has 0 bridgehead atoms. The van der Waals surface area contributed by atoms with Gasteiger partial charge in [0.25, 0.3) is 0 Å². The zero-order chi connectivity index (χ0) is 12.3. The molecule has 1 aromatic carbocycles. The number of aryl methyl sites for hydroxylation is 1. The Morgan fingerprint density at radius 1 is 1.41 bits per heavy atom. The molecule has 0 saturated carbocycles. The molecule has 3 nitrogen and oxygen atoms in total. The summed E-state index contributed by atoms with van der Waals surface area (Å²) in [6.07, 6.45) is 5.15. The minimum absolute atomic E-state index is 0.0304. The van der Waals surface area contributed by atoms with E-state index in [1.165, 1.54) is 16.8 Å². The predicted octanol–water partition coefficient (Wildman–Crippen LogP) is 1.77. The topological polar surface area (TPSA) is 37.4 Å². The highest BCUT2D eigenvalue weighted by Gasteiger charge is 2.27. The Kier molecular flexibility index (Phi) is 3.57. The number of hydrogen-bond donors (Lipinski definition) is 0. The lowest BCUT2D eigenvalue weighted by Gasteiger charge is -2.20. The molecule has 0 N–H and O–H groups in total. The number of likely N-dealkylation sites (N-methyl/N-ethyl adjacent to an activating group) is 1. The average Bonchev–Trinajstić information content (AvgIpc) is 2.67. The molecule has 1 aliphatic rings. The molecule has 1 unspecified atom stereocenters. The molecular formula is C14H17NO2. The fourth-order valence-corrected chi connectivity index (χ4v) is 2.51. The standard InChI is InChI=1S/C14H17NO2/c1-15-13(10-17)9-12-7-4-6-11(14(12)15)5-2-3-8-16/h4,6-8,10,13H,2-3,5,9H2,1H3. The molecule has 0 fully saturated rings. The Hall–Kier alpha value is -1.64. The number of hydrogen-bond acceptors (Lipinski definition) is 3. The van der Waals surface area contributed by atoms with Crippen molar-refractivity contribution in [3.05, 3.63) is 29.3 Å². The molecule has 0 aliphatic carbocycles. The third-order valence-corrected chi connectivity index (χ3v) is 3.41. The van der Waals surface area contributed by atoms with E-state index in [0.29, 0.717) is 6.42 Å². The van der Waals surface area contributed by atoms with Gasteiger partial charge in [-0.2, -0.15) is 0 Å². The van der Waals surface area contributed by atoms with Gasteiger partial charge in [-0.25, -0.2) is 0 Å². The molecule has 0 spiro atoms. The molecule has 3 heteroatoms. The molecule has 1 aromatic rings. The largest absolute Gasteiger partial charge is 0.364 e. The van der Waals surface area contributed by atoms with E-state index in [4.69, 9.17) is 0 Å². The van der Waals surface area contributed by atoms with Gasteiger partial charge in [0.05, 0.1) is 6.04 Å². The first-order valence-electron chi connectivity index (χ1n) is 6.00. The molecule has 0 aromatic heterocycles. The maximum absolute atomic E-state index is 11.0. The summed E-state index contributed by atoms with van der Waals surface area (Å²) in [5.74, 6) is 0. The fourth-order valence-electron chi connectivity index (χ4n) is 2.51. The quantitative estimate of drug-likeness (QED) is 0.572. The van der Waals surface area contributed by atoms with Gasteiger partial charge < -0.3 is 14.5 Å². The van der Waals surface area contributed by atoms with E-state index >= 15 is 0 Å². The van der Waals surface area contributed by atoms with Crippen LogP contribution in [0.3, 0.4) is 0 Å². The van der Waals surface area contributed by atoms with Crippen LogP contribution in [-0.2, 0) is 22.4 Å². The van der Waals surface area contributed by atoms with Crippen LogP contribution in [0.15, 0.2) is 18.2 Å². The Morgan fingerprint density at radius 3 is 2.94 bits per heavy atom. The number of rotatable bonds is 5. The second kappa shape index (κ2) is 5.13. The van der Waals surface area contributed by atoms with Crippen LogP contribution in [-0.4, -0.2) is 25.7 Å². The lowest BCUT2D eigenvalue weighted by Crippen LogP contribution is -2.29. The predicted molar refractivity (Wildman–Crippen MR) is 67.4 cm³/mol. The van der Waals surface area contributed by atoms with E-state index in [0.717, 1.165) is 31.8 Å². The van der Waals surface area contributed by atoms with Gasteiger partial charge in [-0.15, -0.1) is 0 Å². The summed E-state index contributed by atoms with van der Waals surface area (Å²) >= 11 is 0. The highest BCUT2D eigenvalue weighted by molar-refractivity contribution is 5.75. The van der Waals surface area contributed by atoms with Gasteiger partial charge in [-0.1, -0.05) is 18.2 Å². The molecule has 1 heterocycles. The van der Waals surface area contributed by atoms with Crippen molar-refractivity contribution >= 4 is 18.3 Å². The minimum atomic E-state index is -0.0304. The maximum atomic E-state index is 11.0. The molecule has 0 amide bonds. The highest BCUT2D eigenvalue weighted by atomic mass is 16.1. The van der Waals surface area contributed by atoms with Crippen molar-refractivity contribution in [2.45, 2.75) is 31.7 Å². The first kappa shape index (κ1) is 11.8. The van der Waals surface area contributed by atoms with Gasteiger partial charge in [0.1, 0.15) is 12.6 Å². The molecule has 2 rings (SSSR count). The van der Waals surface area contributed by atoms with E-state index in [-0.39, 0.29) is 6.04 Å². The third-order valence-electron chi connectivity index (χ3n) is 3.41. The zero-order valence-corrected chi connectivity index (χ0v) is 10.1. The maximum Gasteiger partial charge on any atom is 0.142 e. The molecular weight excluding hydrogens is 214 g/mol. The van der Waals surface area contributed by atoms with E-state index in [1.54, 1.807) is 0 Å². The van der Waals surface area contributed by atoms with Crippen molar-refractivity contribution in [1.82, 2.24) is 0 Å². The molecule has 1 atom stereocenters. The van der Waals surface area contributed by atoms with Crippen molar-refractivity contribution in [2.24, 2.45) is 0 Å². The lowest BCUT2D eigenvalue weighted by atomic mass is 10.0. The minimum Gasteiger partial charge on any atom is -0.364 e. The number of nitrogens with zero attached hydrogens (tertiary/aromatic N) is 1. The summed E-state index contributed by atoms with van der Waals surface area (Å²) in [5, 5.41) is 0. The number of para-hydroxylation sites is 1. The van der Waals surface area contributed by atoms with Crippen LogP contribution < -0.4 is 4.90 Å². The van der Waals surface area contributed by atoms with E-state index in [2.05, 4.69) is 17.0 Å². The van der Waals surface area contributed by atoms with Gasteiger partial charge in [0.2, 0.25) is 0 Å². The summed E-state index contributed by atoms with van der Waals surface area (Å²) < 4.78 is 0. The van der Waals surface area contributed by atoms with Gasteiger partial charge >= 0.3 is 0 Å². The number of aldehydes is 2. The highest BCUT2D eigenvalue weighted by Crippen LogP contribution is 2.34. The second-order valence-electron chi connectivity index (χ2n) is 4.50. The first-order valence-corrected chi connectivity index (χ1v) is 6.00. The van der Waals surface area contributed by atoms with Crippen LogP contribution in [0.1, 0.15) is 24.0 Å². The normalized spacial score (nSPS) is 17.9. The summed E-state index contributed by atoms with van der Waals surface area (Å²) in [6, 6.07) is 6.18. The van der Waals surface area contributed by atoms with E-state index < -0.39 is 0 Å². The van der Waals surface area contributed by atoms with Crippen molar-refractivity contribution in [3.63, 3.8) is 0 Å². The summed E-state index contributed by atoms with van der Waals surface area (Å²) in [5.41, 5.74) is 3.68. The summed E-state index contributed by atoms with van der Waals surface area (Å²) in [4.78, 5) is 23.4. The molecule has 0 saturated heterocycles. The molecule has 1 aliphatic heterocycles. The Morgan fingerprint density at radius 2 is 2.24 bits per heavy atom. The monoisotopic (exact) mass is 231 g/mol. The van der Waals surface area contributed by atoms with Crippen LogP contribution in [0.2, 0.25) is 0 Å². The number of anilines is 1. The summed E-state index contributed by atoms with van der Waals surface area (Å²) in [7, 11) is 1.97. The first-order chi connectivity index (χ1) is 8.27. The SMILES string of the molecule is CN1c2c(CCCC=O)cccc2CC1C=O. The van der Waals surface area contributed by atoms with Gasteiger partial charge in [-0.3, -0.25) is 0 Å². The van der Waals surface area contributed by atoms with Crippen LogP contribution in [0.4, 0.5) is 5.69 Å². The number of unbranched alkanes of at least 4 members (excludes halogenated alkanes) is 1. The smallest absolute Gasteiger partial charge is 0.142 e. The van der Waals surface area contributed by atoms with Gasteiger partial charge in [0, 0.05) is 25.6 Å². The molecule has 17 heavy (non-hydrogen) atoms. The summed E-state index contributed by atoms with van der Waals surface area (Å²) in [6.45, 7) is 0. The van der Waals surface area contributed by atoms with Crippen molar-refractivity contribution < 1.29 is 9.59 Å². The lowest BCUT2D eigenvalue weighted by molar-refractivity contribution is -0.109. The molecule has 0 radical (unpaired) electrons. The van der Waals surface area contributed by atoms with E-state index in [9.17, 15) is 9.59 Å². The molecule has 90 valence electrons. The number of fused-ring (bicyclic) bond motifs is 1. The van der Waals surface area contributed by atoms with Gasteiger partial charge in [-0.05, 0) is 24.0 Å². The van der Waals surface area contributed by atoms with Gasteiger partial charge in [0.15, 0.2) is 0 Å². The Balaban J connectivity index is 2.22. The van der Waals surface area contributed by atoms with Crippen molar-refractivity contribution in [2.75, 3.05) is 11.9 Å². The number of carbonyl (C=O) groups excluding carboxylic acids is 2. The second-order valence-corrected chi connectivity index (χ2v) is 4.50. The van der Waals surface area contributed by atoms with Crippen molar-refractivity contribution in [3.8, 4) is 0 Å². The average molecular weight is 231 g/mol. The fraction of sp³-hybridized carbons (Fsp3) is 0.429.